The molecule has 0 spiro atoms. The number of nitrogens with zero attached hydrogens (tertiary/aromatic N) is 4. The standard InChI is InChI=1S/C24H29FN4O2/c25-19-2-1-3-21(9-19)31-20-4-6-28(7-5-20)22(30)23-10-17-8-18(11-23)13-24(12-17,14-23)29-16-26-15-27-29/h1-3,9,15-18,20H,4-8,10-14H2/t17-,18+,23?,24?. The van der Waals surface area contributed by atoms with Crippen LogP contribution in [0, 0.1) is 23.1 Å². The summed E-state index contributed by atoms with van der Waals surface area (Å²) in [5.74, 6) is 1.86. The van der Waals surface area contributed by atoms with Crippen LogP contribution in [0.3, 0.4) is 0 Å². The summed E-state index contributed by atoms with van der Waals surface area (Å²) in [6.45, 7) is 1.43. The van der Waals surface area contributed by atoms with E-state index in [0.29, 0.717) is 36.6 Å². The van der Waals surface area contributed by atoms with Crippen molar-refractivity contribution in [2.45, 2.75) is 63.0 Å². The number of likely N-dealkylation sites (tertiary alicyclic amines) is 1. The normalized spacial score (nSPS) is 34.8. The first-order chi connectivity index (χ1) is 15.0. The van der Waals surface area contributed by atoms with Crippen LogP contribution in [0.25, 0.3) is 0 Å². The highest BCUT2D eigenvalue weighted by atomic mass is 19.1. The van der Waals surface area contributed by atoms with Gasteiger partial charge in [-0.15, -0.1) is 0 Å². The Kier molecular flexibility index (Phi) is 4.37. The third-order valence-corrected chi connectivity index (χ3v) is 8.22. The van der Waals surface area contributed by atoms with Crippen LogP contribution in [0.4, 0.5) is 4.39 Å². The molecule has 1 aromatic carbocycles. The average molecular weight is 425 g/mol. The van der Waals surface area contributed by atoms with Gasteiger partial charge in [-0.1, -0.05) is 6.07 Å². The van der Waals surface area contributed by atoms with E-state index in [-0.39, 0.29) is 22.9 Å². The Morgan fingerprint density at radius 3 is 2.58 bits per heavy atom. The van der Waals surface area contributed by atoms with Crippen molar-refractivity contribution in [2.75, 3.05) is 13.1 Å². The van der Waals surface area contributed by atoms with E-state index in [1.54, 1.807) is 18.5 Å². The van der Waals surface area contributed by atoms with E-state index >= 15 is 0 Å². The maximum Gasteiger partial charge on any atom is 0.228 e. The zero-order valence-corrected chi connectivity index (χ0v) is 17.8. The lowest BCUT2D eigenvalue weighted by Crippen LogP contribution is -2.62. The summed E-state index contributed by atoms with van der Waals surface area (Å²) in [6, 6.07) is 6.31. The number of carbonyl (C=O) groups excluding carboxylic acids is 1. The van der Waals surface area contributed by atoms with Crippen LogP contribution in [0.2, 0.25) is 0 Å². The molecule has 4 aliphatic carbocycles. The predicted octanol–water partition coefficient (Wildman–Crippen LogP) is 3.78. The highest BCUT2D eigenvalue weighted by molar-refractivity contribution is 5.83. The van der Waals surface area contributed by atoms with Gasteiger partial charge < -0.3 is 9.64 Å². The maximum absolute atomic E-state index is 13.9. The van der Waals surface area contributed by atoms with E-state index in [1.807, 2.05) is 6.33 Å². The summed E-state index contributed by atoms with van der Waals surface area (Å²) in [5, 5.41) is 4.50. The topological polar surface area (TPSA) is 60.2 Å². The van der Waals surface area contributed by atoms with Crippen LogP contribution in [0.15, 0.2) is 36.9 Å². The van der Waals surface area contributed by atoms with Crippen LogP contribution in [-0.2, 0) is 10.3 Å². The minimum Gasteiger partial charge on any atom is -0.490 e. The Balaban J connectivity index is 1.16. The van der Waals surface area contributed by atoms with Gasteiger partial charge in [0, 0.05) is 32.0 Å². The van der Waals surface area contributed by atoms with Crippen molar-refractivity contribution < 1.29 is 13.9 Å². The van der Waals surface area contributed by atoms with Gasteiger partial charge in [0.25, 0.3) is 0 Å². The number of hydrogen-bond acceptors (Lipinski definition) is 4. The third-order valence-electron chi connectivity index (χ3n) is 8.22. The van der Waals surface area contributed by atoms with E-state index in [1.165, 1.54) is 18.6 Å². The van der Waals surface area contributed by atoms with E-state index in [4.69, 9.17) is 4.74 Å². The summed E-state index contributed by atoms with van der Waals surface area (Å²) in [7, 11) is 0. The molecule has 5 fully saturated rings. The fourth-order valence-corrected chi connectivity index (χ4v) is 7.43. The third kappa shape index (κ3) is 3.24. The Morgan fingerprint density at radius 2 is 1.90 bits per heavy atom. The monoisotopic (exact) mass is 424 g/mol. The number of carbonyl (C=O) groups is 1. The Morgan fingerprint density at radius 1 is 1.13 bits per heavy atom. The lowest BCUT2D eigenvalue weighted by Gasteiger charge is -2.61. The molecule has 2 unspecified atom stereocenters. The molecule has 1 aromatic heterocycles. The summed E-state index contributed by atoms with van der Waals surface area (Å²) in [4.78, 5) is 20.1. The number of rotatable bonds is 4. The first kappa shape index (κ1) is 19.3. The number of piperidine rings is 1. The molecule has 164 valence electrons. The molecule has 2 heterocycles. The van der Waals surface area contributed by atoms with Crippen LogP contribution >= 0.6 is 0 Å². The molecule has 4 bridgehead atoms. The highest BCUT2D eigenvalue weighted by Crippen LogP contribution is 2.64. The molecule has 1 amide bonds. The number of benzene rings is 1. The number of aromatic nitrogens is 3. The van der Waals surface area contributed by atoms with Gasteiger partial charge in [-0.2, -0.15) is 5.10 Å². The lowest BCUT2D eigenvalue weighted by molar-refractivity contribution is -0.168. The largest absolute Gasteiger partial charge is 0.490 e. The van der Waals surface area contributed by atoms with Crippen molar-refractivity contribution in [3.05, 3.63) is 42.7 Å². The lowest BCUT2D eigenvalue weighted by atomic mass is 9.46. The van der Waals surface area contributed by atoms with Gasteiger partial charge in [-0.05, 0) is 62.5 Å². The van der Waals surface area contributed by atoms with Crippen molar-refractivity contribution in [1.82, 2.24) is 19.7 Å². The van der Waals surface area contributed by atoms with Crippen molar-refractivity contribution in [3.63, 3.8) is 0 Å². The smallest absolute Gasteiger partial charge is 0.228 e. The number of ether oxygens (including phenoxy) is 1. The SMILES string of the molecule is O=C(N1CCC(Oc2cccc(F)c2)CC1)C12C[C@H]3C[C@@H](C1)CC(n1cncn1)(C3)C2. The van der Waals surface area contributed by atoms with Crippen LogP contribution in [0.1, 0.15) is 51.4 Å². The van der Waals surface area contributed by atoms with E-state index in [2.05, 4.69) is 19.7 Å². The van der Waals surface area contributed by atoms with Crippen LogP contribution in [-0.4, -0.2) is 44.8 Å². The summed E-state index contributed by atoms with van der Waals surface area (Å²) in [5.41, 5.74) is -0.276. The van der Waals surface area contributed by atoms with Gasteiger partial charge in [0.15, 0.2) is 0 Å². The molecule has 0 radical (unpaired) electrons. The molecule has 31 heavy (non-hydrogen) atoms. The number of hydrogen-bond donors (Lipinski definition) is 0. The van der Waals surface area contributed by atoms with E-state index < -0.39 is 0 Å². The minimum atomic E-state index is -0.284. The first-order valence-corrected chi connectivity index (χ1v) is 11.6. The zero-order chi connectivity index (χ0) is 21.1. The molecule has 7 rings (SSSR count). The molecule has 5 aliphatic rings. The van der Waals surface area contributed by atoms with Gasteiger partial charge in [-0.3, -0.25) is 4.79 Å². The Hall–Kier alpha value is -2.44. The molecule has 1 aliphatic heterocycles. The summed E-state index contributed by atoms with van der Waals surface area (Å²) < 4.78 is 21.5. The second-order valence-corrected chi connectivity index (χ2v) is 10.4. The van der Waals surface area contributed by atoms with Gasteiger partial charge in [-0.25, -0.2) is 14.1 Å². The van der Waals surface area contributed by atoms with Crippen LogP contribution in [0.5, 0.6) is 5.75 Å². The van der Waals surface area contributed by atoms with Crippen LogP contribution < -0.4 is 4.74 Å². The second-order valence-electron chi connectivity index (χ2n) is 10.4. The maximum atomic E-state index is 13.9. The van der Waals surface area contributed by atoms with Gasteiger partial charge in [0.2, 0.25) is 5.91 Å². The molecular formula is C24H29FN4O2. The Bertz CT molecular complexity index is 956. The van der Waals surface area contributed by atoms with Gasteiger partial charge in [0.1, 0.15) is 30.3 Å². The first-order valence-electron chi connectivity index (χ1n) is 11.6. The van der Waals surface area contributed by atoms with Crippen molar-refractivity contribution >= 4 is 5.91 Å². The van der Waals surface area contributed by atoms with E-state index in [0.717, 1.165) is 44.9 Å². The number of amides is 1. The molecule has 2 aromatic rings. The molecule has 4 atom stereocenters. The Labute approximate surface area is 181 Å². The zero-order valence-electron chi connectivity index (χ0n) is 17.8. The van der Waals surface area contributed by atoms with Crippen molar-refractivity contribution in [3.8, 4) is 5.75 Å². The van der Waals surface area contributed by atoms with Gasteiger partial charge in [0.05, 0.1) is 11.0 Å². The fraction of sp³-hybridized carbons (Fsp3) is 0.625. The molecular weight excluding hydrogens is 395 g/mol. The summed E-state index contributed by atoms with van der Waals surface area (Å²) in [6.07, 6.45) is 11.6. The van der Waals surface area contributed by atoms with E-state index in [9.17, 15) is 9.18 Å². The highest BCUT2D eigenvalue weighted by Gasteiger charge is 2.62. The molecule has 6 nitrogen and oxygen atoms in total. The summed E-state index contributed by atoms with van der Waals surface area (Å²) >= 11 is 0. The quantitative estimate of drug-likeness (QED) is 0.749. The number of halogens is 1. The predicted molar refractivity (Wildman–Crippen MR) is 112 cm³/mol. The molecule has 0 N–H and O–H groups in total. The van der Waals surface area contributed by atoms with Crippen molar-refractivity contribution in [1.29, 1.82) is 0 Å². The van der Waals surface area contributed by atoms with Crippen molar-refractivity contribution in [2.24, 2.45) is 17.3 Å². The van der Waals surface area contributed by atoms with Gasteiger partial charge >= 0.3 is 0 Å². The average Bonchev–Trinajstić information content (AvgIpc) is 3.29. The molecule has 1 saturated heterocycles. The second kappa shape index (κ2) is 7.04. The molecule has 7 heteroatoms. The molecule has 4 saturated carbocycles. The fourth-order valence-electron chi connectivity index (χ4n) is 7.43. The minimum absolute atomic E-state index is 0.0312.